The maximum atomic E-state index is 12.5. The Kier molecular flexibility index (Phi) is 4.73. The standard InChI is InChI=1S/C17H14BrNO3S/c1-23-15-5-3-2-4-13(15)19-16(20)14-9-10-8-11(18)6-7-12(10)17(21)22-14/h2-8,14H,9H2,1H3,(H,19,20). The van der Waals surface area contributed by atoms with Crippen LogP contribution in [0.25, 0.3) is 0 Å². The minimum absolute atomic E-state index is 0.314. The maximum absolute atomic E-state index is 12.5. The lowest BCUT2D eigenvalue weighted by molar-refractivity contribution is -0.125. The summed E-state index contributed by atoms with van der Waals surface area (Å²) in [4.78, 5) is 25.5. The number of carbonyl (C=O) groups is 2. The first-order valence-corrected chi connectivity index (χ1v) is 9.03. The zero-order chi connectivity index (χ0) is 16.4. The van der Waals surface area contributed by atoms with Gasteiger partial charge in [0.15, 0.2) is 6.10 Å². The third kappa shape index (κ3) is 3.43. The number of ether oxygens (including phenoxy) is 1. The molecule has 1 unspecified atom stereocenters. The Bertz CT molecular complexity index is 778. The molecule has 0 radical (unpaired) electrons. The molecule has 3 rings (SSSR count). The number of para-hydroxylation sites is 1. The molecule has 1 heterocycles. The van der Waals surface area contributed by atoms with Crippen LogP contribution in [0.2, 0.25) is 0 Å². The third-order valence-electron chi connectivity index (χ3n) is 3.60. The number of nitrogens with one attached hydrogen (secondary N) is 1. The second-order valence-corrected chi connectivity index (χ2v) is 6.85. The van der Waals surface area contributed by atoms with Gasteiger partial charge in [-0.1, -0.05) is 28.1 Å². The SMILES string of the molecule is CSc1ccccc1NC(=O)C1Cc2cc(Br)ccc2C(=O)O1. The molecule has 0 bridgehead atoms. The number of carbonyl (C=O) groups excluding carboxylic acids is 2. The van der Waals surface area contributed by atoms with E-state index in [2.05, 4.69) is 21.2 Å². The highest BCUT2D eigenvalue weighted by Gasteiger charge is 2.31. The summed E-state index contributed by atoms with van der Waals surface area (Å²) in [5, 5.41) is 2.85. The molecule has 0 saturated carbocycles. The molecule has 1 aliphatic heterocycles. The Morgan fingerprint density at radius 2 is 2.09 bits per heavy atom. The minimum Gasteiger partial charge on any atom is -0.448 e. The highest BCUT2D eigenvalue weighted by atomic mass is 79.9. The zero-order valence-electron chi connectivity index (χ0n) is 12.3. The van der Waals surface area contributed by atoms with E-state index >= 15 is 0 Å². The predicted molar refractivity (Wildman–Crippen MR) is 93.9 cm³/mol. The summed E-state index contributed by atoms with van der Waals surface area (Å²) in [6.07, 6.45) is 1.49. The Morgan fingerprint density at radius 3 is 2.87 bits per heavy atom. The smallest absolute Gasteiger partial charge is 0.339 e. The van der Waals surface area contributed by atoms with Crippen molar-refractivity contribution in [2.24, 2.45) is 0 Å². The van der Waals surface area contributed by atoms with Crippen molar-refractivity contribution in [1.82, 2.24) is 0 Å². The molecule has 1 atom stereocenters. The molecule has 0 spiro atoms. The number of anilines is 1. The molecule has 0 aliphatic carbocycles. The molecule has 0 fully saturated rings. The average Bonchev–Trinajstić information content (AvgIpc) is 2.54. The average molecular weight is 392 g/mol. The van der Waals surface area contributed by atoms with Crippen LogP contribution in [0.5, 0.6) is 0 Å². The number of hydrogen-bond donors (Lipinski definition) is 1. The van der Waals surface area contributed by atoms with Crippen molar-refractivity contribution < 1.29 is 14.3 Å². The van der Waals surface area contributed by atoms with E-state index < -0.39 is 12.1 Å². The summed E-state index contributed by atoms with van der Waals surface area (Å²) in [5.74, 6) is -0.775. The molecule has 2 aromatic carbocycles. The van der Waals surface area contributed by atoms with Crippen LogP contribution >= 0.6 is 27.7 Å². The molecule has 1 aliphatic rings. The van der Waals surface area contributed by atoms with Gasteiger partial charge in [0.1, 0.15) is 0 Å². The second-order valence-electron chi connectivity index (χ2n) is 5.09. The monoisotopic (exact) mass is 391 g/mol. The van der Waals surface area contributed by atoms with Crippen LogP contribution in [0.4, 0.5) is 5.69 Å². The summed E-state index contributed by atoms with van der Waals surface area (Å²) in [5.41, 5.74) is 2.05. The molecule has 0 saturated heterocycles. The normalized spacial score (nSPS) is 16.4. The Morgan fingerprint density at radius 1 is 1.30 bits per heavy atom. The molecule has 6 heteroatoms. The van der Waals surface area contributed by atoms with E-state index in [1.807, 2.05) is 36.6 Å². The van der Waals surface area contributed by atoms with Gasteiger partial charge in [-0.05, 0) is 42.2 Å². The van der Waals surface area contributed by atoms with Crippen molar-refractivity contribution >= 4 is 45.3 Å². The lowest BCUT2D eigenvalue weighted by Crippen LogP contribution is -2.38. The number of benzene rings is 2. The Labute approximate surface area is 146 Å². The second kappa shape index (κ2) is 6.76. The summed E-state index contributed by atoms with van der Waals surface area (Å²) in [6.45, 7) is 0. The quantitative estimate of drug-likeness (QED) is 0.636. The van der Waals surface area contributed by atoms with Crippen LogP contribution in [0.1, 0.15) is 15.9 Å². The van der Waals surface area contributed by atoms with Gasteiger partial charge in [-0.3, -0.25) is 4.79 Å². The molecule has 118 valence electrons. The molecule has 2 aromatic rings. The highest BCUT2D eigenvalue weighted by Crippen LogP contribution is 2.27. The number of halogens is 1. The van der Waals surface area contributed by atoms with Gasteiger partial charge in [0.2, 0.25) is 0 Å². The van der Waals surface area contributed by atoms with Gasteiger partial charge in [-0.2, -0.15) is 0 Å². The lowest BCUT2D eigenvalue weighted by atomic mass is 9.98. The number of esters is 1. The van der Waals surface area contributed by atoms with Crippen molar-refractivity contribution in [3.63, 3.8) is 0 Å². The number of hydrogen-bond acceptors (Lipinski definition) is 4. The number of amides is 1. The molecule has 1 amide bonds. The van der Waals surface area contributed by atoms with Crippen molar-refractivity contribution in [3.05, 3.63) is 58.1 Å². The van der Waals surface area contributed by atoms with Crippen LogP contribution in [0, 0.1) is 0 Å². The molecule has 4 nitrogen and oxygen atoms in total. The van der Waals surface area contributed by atoms with Crippen molar-refractivity contribution in [1.29, 1.82) is 0 Å². The van der Waals surface area contributed by atoms with Gasteiger partial charge in [0, 0.05) is 15.8 Å². The lowest BCUT2D eigenvalue weighted by Gasteiger charge is -2.24. The van der Waals surface area contributed by atoms with Crippen molar-refractivity contribution in [3.8, 4) is 0 Å². The predicted octanol–water partition coefficient (Wildman–Crippen LogP) is 3.89. The minimum atomic E-state index is -0.820. The van der Waals surface area contributed by atoms with Crippen LogP contribution < -0.4 is 5.32 Å². The van der Waals surface area contributed by atoms with E-state index in [1.165, 1.54) is 0 Å². The fourth-order valence-corrected chi connectivity index (χ4v) is 3.43. The highest BCUT2D eigenvalue weighted by molar-refractivity contribution is 9.10. The fourth-order valence-electron chi connectivity index (χ4n) is 2.47. The van der Waals surface area contributed by atoms with Crippen LogP contribution in [-0.4, -0.2) is 24.2 Å². The molecular formula is C17H14BrNO3S. The largest absolute Gasteiger partial charge is 0.448 e. The van der Waals surface area contributed by atoms with E-state index in [9.17, 15) is 9.59 Å². The number of thioether (sulfide) groups is 1. The van der Waals surface area contributed by atoms with Gasteiger partial charge in [0.05, 0.1) is 11.3 Å². The van der Waals surface area contributed by atoms with E-state index in [-0.39, 0.29) is 5.91 Å². The van der Waals surface area contributed by atoms with Crippen molar-refractivity contribution in [2.45, 2.75) is 17.4 Å². The first kappa shape index (κ1) is 16.1. The Hall–Kier alpha value is -1.79. The molecular weight excluding hydrogens is 378 g/mol. The summed E-state index contributed by atoms with van der Waals surface area (Å²) >= 11 is 4.93. The molecule has 23 heavy (non-hydrogen) atoms. The van der Waals surface area contributed by atoms with E-state index in [0.717, 1.165) is 20.6 Å². The maximum Gasteiger partial charge on any atom is 0.339 e. The molecule has 0 aromatic heterocycles. The molecule has 1 N–H and O–H groups in total. The van der Waals surface area contributed by atoms with Gasteiger partial charge in [-0.15, -0.1) is 11.8 Å². The number of cyclic esters (lactones) is 1. The van der Waals surface area contributed by atoms with E-state index in [0.29, 0.717) is 12.0 Å². The van der Waals surface area contributed by atoms with Gasteiger partial charge in [-0.25, -0.2) is 4.79 Å². The van der Waals surface area contributed by atoms with Crippen LogP contribution in [0.15, 0.2) is 51.8 Å². The number of fused-ring (bicyclic) bond motifs is 1. The zero-order valence-corrected chi connectivity index (χ0v) is 14.7. The van der Waals surface area contributed by atoms with Crippen LogP contribution in [0.3, 0.4) is 0 Å². The van der Waals surface area contributed by atoms with Gasteiger partial charge in [0.25, 0.3) is 5.91 Å². The third-order valence-corrected chi connectivity index (χ3v) is 4.89. The van der Waals surface area contributed by atoms with Crippen LogP contribution in [-0.2, 0) is 16.0 Å². The number of rotatable bonds is 3. The summed E-state index contributed by atoms with van der Waals surface area (Å²) in [6, 6.07) is 12.9. The van der Waals surface area contributed by atoms with E-state index in [4.69, 9.17) is 4.74 Å². The fraction of sp³-hybridized carbons (Fsp3) is 0.176. The summed E-state index contributed by atoms with van der Waals surface area (Å²) in [7, 11) is 0. The Balaban J connectivity index is 1.80. The topological polar surface area (TPSA) is 55.4 Å². The van der Waals surface area contributed by atoms with Crippen molar-refractivity contribution in [2.75, 3.05) is 11.6 Å². The summed E-state index contributed by atoms with van der Waals surface area (Å²) < 4.78 is 6.16. The first-order chi connectivity index (χ1) is 11.1. The first-order valence-electron chi connectivity index (χ1n) is 7.02. The van der Waals surface area contributed by atoms with Gasteiger partial charge >= 0.3 is 5.97 Å². The van der Waals surface area contributed by atoms with Gasteiger partial charge < -0.3 is 10.1 Å². The van der Waals surface area contributed by atoms with E-state index in [1.54, 1.807) is 23.9 Å².